The van der Waals surface area contributed by atoms with E-state index in [1.165, 1.54) is 0 Å². The maximum atomic E-state index is 10.8. The molecule has 1 heterocycles. The molecule has 1 aliphatic heterocycles. The molecule has 0 aromatic carbocycles. The van der Waals surface area contributed by atoms with Gasteiger partial charge in [0.1, 0.15) is 30.5 Å². The van der Waals surface area contributed by atoms with Crippen molar-refractivity contribution in [2.24, 2.45) is 5.92 Å². The molecular weight excluding hydrogens is 252 g/mol. The predicted octanol–water partition coefficient (Wildman–Crippen LogP) is -3.39. The van der Waals surface area contributed by atoms with Gasteiger partial charge in [-0.3, -0.25) is 9.59 Å². The second kappa shape index (κ2) is 5.59. The average molecular weight is 266 g/mol. The van der Waals surface area contributed by atoms with E-state index in [4.69, 9.17) is 20.1 Å². The third-order valence-corrected chi connectivity index (χ3v) is 2.79. The van der Waals surface area contributed by atoms with Gasteiger partial charge in [-0.15, -0.1) is 0 Å². The first kappa shape index (κ1) is 14.8. The van der Waals surface area contributed by atoms with E-state index >= 15 is 0 Å². The molecule has 0 spiro atoms. The molecule has 6 N–H and O–H groups in total. The lowest BCUT2D eigenvalue weighted by Crippen LogP contribution is -2.62. The van der Waals surface area contributed by atoms with Crippen LogP contribution in [0.15, 0.2) is 0 Å². The summed E-state index contributed by atoms with van der Waals surface area (Å²) >= 11 is 0. The summed E-state index contributed by atoms with van der Waals surface area (Å²) in [6.45, 7) is -0.757. The van der Waals surface area contributed by atoms with Crippen LogP contribution in [-0.4, -0.2) is 79.7 Å². The van der Waals surface area contributed by atoms with Crippen LogP contribution in [0.1, 0.15) is 0 Å². The minimum Gasteiger partial charge on any atom is -0.481 e. The van der Waals surface area contributed by atoms with E-state index in [9.17, 15) is 24.9 Å². The van der Waals surface area contributed by atoms with Crippen LogP contribution in [0, 0.1) is 5.92 Å². The van der Waals surface area contributed by atoms with Gasteiger partial charge in [0.05, 0.1) is 6.61 Å². The van der Waals surface area contributed by atoms with Gasteiger partial charge in [0.25, 0.3) is 0 Å². The summed E-state index contributed by atoms with van der Waals surface area (Å²) in [5.41, 5.74) is 0. The SMILES string of the molecule is O=C(O)C(C(=O)O)C1O[C@H](CO)[C@@H](O)[C@H](O)[C@@H]1O. The molecule has 104 valence electrons. The standard InChI is InChI=1S/C9H14O9/c10-1-2-4(11)5(12)6(13)7(18-2)3(8(14)15)9(16)17/h2-7,10-13H,1H2,(H,14,15)(H,16,17)/t2-,4-,5+,6+,7?/m1/s1. The summed E-state index contributed by atoms with van der Waals surface area (Å²) in [4.78, 5) is 21.6. The molecule has 1 saturated heterocycles. The van der Waals surface area contributed by atoms with E-state index < -0.39 is 55.0 Å². The summed E-state index contributed by atoms with van der Waals surface area (Å²) < 4.78 is 4.84. The van der Waals surface area contributed by atoms with Gasteiger partial charge in [-0.1, -0.05) is 0 Å². The van der Waals surface area contributed by atoms with Crippen LogP contribution in [-0.2, 0) is 14.3 Å². The van der Waals surface area contributed by atoms with Crippen molar-refractivity contribution in [2.75, 3.05) is 6.61 Å². The number of aliphatic hydroxyl groups excluding tert-OH is 4. The lowest BCUT2D eigenvalue weighted by molar-refractivity contribution is -0.242. The fraction of sp³-hybridized carbons (Fsp3) is 0.778. The zero-order valence-electron chi connectivity index (χ0n) is 9.08. The lowest BCUT2D eigenvalue weighted by Gasteiger charge is -2.41. The number of carbonyl (C=O) groups is 2. The molecule has 0 radical (unpaired) electrons. The number of ether oxygens (including phenoxy) is 1. The second-order valence-electron chi connectivity index (χ2n) is 3.95. The number of hydrogen-bond donors (Lipinski definition) is 6. The lowest BCUT2D eigenvalue weighted by atomic mass is 9.88. The summed E-state index contributed by atoms with van der Waals surface area (Å²) in [7, 11) is 0. The van der Waals surface area contributed by atoms with Gasteiger partial charge in [-0.2, -0.15) is 0 Å². The van der Waals surface area contributed by atoms with Gasteiger partial charge in [0.2, 0.25) is 0 Å². The molecule has 1 rings (SSSR count). The Hall–Kier alpha value is -1.26. The maximum Gasteiger partial charge on any atom is 0.320 e. The van der Waals surface area contributed by atoms with Gasteiger partial charge in [0, 0.05) is 0 Å². The molecule has 5 atom stereocenters. The van der Waals surface area contributed by atoms with Crippen molar-refractivity contribution < 1.29 is 45.0 Å². The van der Waals surface area contributed by atoms with Gasteiger partial charge in [0.15, 0.2) is 5.92 Å². The monoisotopic (exact) mass is 266 g/mol. The van der Waals surface area contributed by atoms with E-state index in [0.29, 0.717) is 0 Å². The largest absolute Gasteiger partial charge is 0.481 e. The Morgan fingerprint density at radius 1 is 1.00 bits per heavy atom. The first-order valence-corrected chi connectivity index (χ1v) is 5.07. The fourth-order valence-corrected chi connectivity index (χ4v) is 1.79. The van der Waals surface area contributed by atoms with Gasteiger partial charge >= 0.3 is 11.9 Å². The highest BCUT2D eigenvalue weighted by molar-refractivity contribution is 5.93. The van der Waals surface area contributed by atoms with Crippen molar-refractivity contribution in [3.63, 3.8) is 0 Å². The molecule has 0 aromatic heterocycles. The zero-order valence-corrected chi connectivity index (χ0v) is 9.08. The zero-order chi connectivity index (χ0) is 14.0. The minimum atomic E-state index is -2.11. The van der Waals surface area contributed by atoms with E-state index in [-0.39, 0.29) is 0 Å². The van der Waals surface area contributed by atoms with Crippen molar-refractivity contribution in [3.8, 4) is 0 Å². The molecule has 1 aliphatic rings. The van der Waals surface area contributed by atoms with Crippen LogP contribution in [0.25, 0.3) is 0 Å². The van der Waals surface area contributed by atoms with Crippen molar-refractivity contribution in [1.29, 1.82) is 0 Å². The topological polar surface area (TPSA) is 165 Å². The number of aliphatic carboxylic acids is 2. The molecular formula is C9H14O9. The fourth-order valence-electron chi connectivity index (χ4n) is 1.79. The number of hydrogen-bond acceptors (Lipinski definition) is 7. The summed E-state index contributed by atoms with van der Waals surface area (Å²) in [6, 6.07) is 0. The number of rotatable bonds is 4. The summed E-state index contributed by atoms with van der Waals surface area (Å²) in [5.74, 6) is -5.63. The van der Waals surface area contributed by atoms with Crippen LogP contribution in [0.3, 0.4) is 0 Å². The second-order valence-corrected chi connectivity index (χ2v) is 3.95. The van der Waals surface area contributed by atoms with E-state index in [1.54, 1.807) is 0 Å². The van der Waals surface area contributed by atoms with Crippen molar-refractivity contribution in [3.05, 3.63) is 0 Å². The molecule has 0 aliphatic carbocycles. The van der Waals surface area contributed by atoms with E-state index in [1.807, 2.05) is 0 Å². The molecule has 0 bridgehead atoms. The Morgan fingerprint density at radius 2 is 1.50 bits per heavy atom. The highest BCUT2D eigenvalue weighted by Gasteiger charge is 2.50. The molecule has 0 aromatic rings. The van der Waals surface area contributed by atoms with Crippen molar-refractivity contribution >= 4 is 11.9 Å². The first-order chi connectivity index (χ1) is 8.31. The highest BCUT2D eigenvalue weighted by atomic mass is 16.5. The molecule has 1 unspecified atom stereocenters. The third-order valence-electron chi connectivity index (χ3n) is 2.79. The maximum absolute atomic E-state index is 10.8. The Morgan fingerprint density at radius 3 is 1.89 bits per heavy atom. The molecule has 1 fully saturated rings. The third kappa shape index (κ3) is 2.60. The minimum absolute atomic E-state index is 0.757. The van der Waals surface area contributed by atoms with Crippen LogP contribution >= 0.6 is 0 Å². The van der Waals surface area contributed by atoms with Crippen LogP contribution < -0.4 is 0 Å². The Balaban J connectivity index is 2.99. The Labute approximate surface area is 101 Å². The number of aliphatic hydroxyl groups is 4. The molecule has 0 saturated carbocycles. The Kier molecular flexibility index (Phi) is 4.59. The summed E-state index contributed by atoms with van der Waals surface area (Å²) in [5, 5.41) is 54.8. The van der Waals surface area contributed by atoms with Crippen LogP contribution in [0.5, 0.6) is 0 Å². The first-order valence-electron chi connectivity index (χ1n) is 5.07. The Bertz CT molecular complexity index is 314. The van der Waals surface area contributed by atoms with Gasteiger partial charge in [-0.05, 0) is 0 Å². The highest BCUT2D eigenvalue weighted by Crippen LogP contribution is 2.26. The molecule has 0 amide bonds. The van der Waals surface area contributed by atoms with E-state index in [2.05, 4.69) is 0 Å². The van der Waals surface area contributed by atoms with Gasteiger partial charge in [-0.25, -0.2) is 0 Å². The van der Waals surface area contributed by atoms with Crippen molar-refractivity contribution in [2.45, 2.75) is 30.5 Å². The quantitative estimate of drug-likeness (QED) is 0.284. The number of carboxylic acids is 2. The van der Waals surface area contributed by atoms with Gasteiger partial charge < -0.3 is 35.4 Å². The normalized spacial score (nSPS) is 36.6. The average Bonchev–Trinajstić information content (AvgIpc) is 2.28. The summed E-state index contributed by atoms with van der Waals surface area (Å²) in [6.07, 6.45) is -8.46. The molecule has 9 heteroatoms. The smallest absolute Gasteiger partial charge is 0.320 e. The molecule has 18 heavy (non-hydrogen) atoms. The van der Waals surface area contributed by atoms with Crippen LogP contribution in [0.4, 0.5) is 0 Å². The predicted molar refractivity (Wildman–Crippen MR) is 52.5 cm³/mol. The van der Waals surface area contributed by atoms with E-state index in [0.717, 1.165) is 0 Å². The number of carboxylic acid groups (broad SMARTS) is 2. The van der Waals surface area contributed by atoms with Crippen molar-refractivity contribution in [1.82, 2.24) is 0 Å². The molecule has 9 nitrogen and oxygen atoms in total. The van der Waals surface area contributed by atoms with Crippen LogP contribution in [0.2, 0.25) is 0 Å².